The minimum absolute atomic E-state index is 0.640. The Balaban J connectivity index is 1.74. The summed E-state index contributed by atoms with van der Waals surface area (Å²) in [4.78, 5) is 8.31. The maximum Gasteiger partial charge on any atom is 0.167 e. The van der Waals surface area contributed by atoms with Crippen LogP contribution in [0, 0.1) is 17.8 Å². The third kappa shape index (κ3) is 2.00. The van der Waals surface area contributed by atoms with E-state index in [2.05, 4.69) is 28.8 Å². The quantitative estimate of drug-likeness (QED) is 0.639. The summed E-state index contributed by atoms with van der Waals surface area (Å²) in [5.41, 5.74) is 1.25. The molecule has 0 atom stereocenters. The van der Waals surface area contributed by atoms with Crippen molar-refractivity contribution in [1.29, 1.82) is 0 Å². The lowest BCUT2D eigenvalue weighted by molar-refractivity contribution is 0.352. The van der Waals surface area contributed by atoms with Gasteiger partial charge in [-0.05, 0) is 25.8 Å². The van der Waals surface area contributed by atoms with Crippen LogP contribution in [0.25, 0.3) is 0 Å². The molecule has 3 rings (SSSR count). The highest BCUT2D eigenvalue weighted by molar-refractivity contribution is 7.12. The van der Waals surface area contributed by atoms with Crippen LogP contribution in [0.3, 0.4) is 0 Å². The Morgan fingerprint density at radius 1 is 1.31 bits per heavy atom. The number of aromatic nitrogens is 1. The predicted octanol–water partition coefficient (Wildman–Crippen LogP) is 2.63. The number of hydrogen-bond donors (Lipinski definition) is 0. The summed E-state index contributed by atoms with van der Waals surface area (Å²) in [5, 5.41) is 1.03. The number of rotatable bonds is 0. The van der Waals surface area contributed by atoms with Gasteiger partial charge in [-0.25, -0.2) is 4.98 Å². The van der Waals surface area contributed by atoms with E-state index in [1.807, 2.05) is 0 Å². The SMILES string of the molecule is CN1Cc2nc(C#CC3CCCC3)sc2C1. The molecule has 1 saturated carbocycles. The first-order chi connectivity index (χ1) is 7.81. The molecule has 84 valence electrons. The molecule has 1 aromatic rings. The van der Waals surface area contributed by atoms with Crippen molar-refractivity contribution in [3.8, 4) is 11.8 Å². The fourth-order valence-electron chi connectivity index (χ4n) is 2.47. The second-order valence-electron chi connectivity index (χ2n) is 4.81. The number of thiazole rings is 1. The molecule has 2 nitrogen and oxygen atoms in total. The minimum Gasteiger partial charge on any atom is -0.295 e. The molecule has 2 aliphatic rings. The van der Waals surface area contributed by atoms with Crippen LogP contribution in [0.2, 0.25) is 0 Å². The molecule has 0 aromatic carbocycles. The minimum atomic E-state index is 0.640. The zero-order valence-corrected chi connectivity index (χ0v) is 10.4. The molecule has 1 aliphatic heterocycles. The van der Waals surface area contributed by atoms with Gasteiger partial charge in [0.15, 0.2) is 5.01 Å². The standard InChI is InChI=1S/C13H16N2S/c1-15-8-11-12(9-15)16-13(14-11)7-6-10-4-2-3-5-10/h10H,2-5,8-9H2,1H3. The Hall–Kier alpha value is -0.850. The summed E-state index contributed by atoms with van der Waals surface area (Å²) < 4.78 is 0. The number of fused-ring (bicyclic) bond motifs is 1. The van der Waals surface area contributed by atoms with E-state index in [4.69, 9.17) is 0 Å². The van der Waals surface area contributed by atoms with Gasteiger partial charge in [-0.2, -0.15) is 0 Å². The largest absolute Gasteiger partial charge is 0.295 e. The van der Waals surface area contributed by atoms with Crippen molar-refractivity contribution in [3.05, 3.63) is 15.6 Å². The van der Waals surface area contributed by atoms with Gasteiger partial charge in [0.2, 0.25) is 0 Å². The van der Waals surface area contributed by atoms with Gasteiger partial charge in [0, 0.05) is 23.9 Å². The van der Waals surface area contributed by atoms with Crippen LogP contribution >= 0.6 is 11.3 Å². The Bertz CT molecular complexity index is 423. The van der Waals surface area contributed by atoms with Crippen LogP contribution in [0.1, 0.15) is 41.3 Å². The van der Waals surface area contributed by atoms with E-state index in [0.717, 1.165) is 18.1 Å². The average Bonchev–Trinajstić information content (AvgIpc) is 2.88. The van der Waals surface area contributed by atoms with Crippen molar-refractivity contribution in [2.45, 2.75) is 38.8 Å². The zero-order chi connectivity index (χ0) is 11.0. The Morgan fingerprint density at radius 3 is 2.88 bits per heavy atom. The molecule has 2 heterocycles. The Morgan fingerprint density at radius 2 is 2.12 bits per heavy atom. The van der Waals surface area contributed by atoms with Crippen LogP contribution in [0.5, 0.6) is 0 Å². The van der Waals surface area contributed by atoms with Crippen LogP contribution < -0.4 is 0 Å². The molecule has 0 spiro atoms. The van der Waals surface area contributed by atoms with Gasteiger partial charge in [-0.15, -0.1) is 11.3 Å². The molecule has 0 bridgehead atoms. The van der Waals surface area contributed by atoms with Gasteiger partial charge < -0.3 is 0 Å². The van der Waals surface area contributed by atoms with Gasteiger partial charge in [-0.3, -0.25) is 4.90 Å². The molecule has 0 radical (unpaired) electrons. The maximum absolute atomic E-state index is 4.61. The summed E-state index contributed by atoms with van der Waals surface area (Å²) in [5.74, 6) is 7.29. The van der Waals surface area contributed by atoms with Crippen molar-refractivity contribution in [1.82, 2.24) is 9.88 Å². The highest BCUT2D eigenvalue weighted by Gasteiger charge is 2.20. The van der Waals surface area contributed by atoms with Gasteiger partial charge in [-0.1, -0.05) is 18.8 Å². The van der Waals surface area contributed by atoms with E-state index in [9.17, 15) is 0 Å². The fraction of sp³-hybridized carbons (Fsp3) is 0.615. The molecule has 0 amide bonds. The lowest BCUT2D eigenvalue weighted by atomic mass is 10.1. The van der Waals surface area contributed by atoms with Crippen molar-refractivity contribution in [2.24, 2.45) is 5.92 Å². The van der Waals surface area contributed by atoms with Crippen LogP contribution in [0.4, 0.5) is 0 Å². The van der Waals surface area contributed by atoms with Gasteiger partial charge in [0.1, 0.15) is 0 Å². The average molecular weight is 232 g/mol. The second kappa shape index (κ2) is 4.20. The highest BCUT2D eigenvalue weighted by atomic mass is 32.1. The topological polar surface area (TPSA) is 16.1 Å². The number of hydrogen-bond acceptors (Lipinski definition) is 3. The van der Waals surface area contributed by atoms with Crippen molar-refractivity contribution in [2.75, 3.05) is 7.05 Å². The molecule has 16 heavy (non-hydrogen) atoms. The first-order valence-corrected chi connectivity index (χ1v) is 6.81. The first-order valence-electron chi connectivity index (χ1n) is 6.00. The second-order valence-corrected chi connectivity index (χ2v) is 5.90. The Labute approximate surface area is 101 Å². The third-order valence-corrected chi connectivity index (χ3v) is 4.35. The van der Waals surface area contributed by atoms with E-state index < -0.39 is 0 Å². The normalized spacial score (nSPS) is 20.8. The summed E-state index contributed by atoms with van der Waals surface area (Å²) in [6, 6.07) is 0. The van der Waals surface area contributed by atoms with Crippen molar-refractivity contribution in [3.63, 3.8) is 0 Å². The smallest absolute Gasteiger partial charge is 0.167 e. The fourth-order valence-corrected chi connectivity index (χ4v) is 3.49. The predicted molar refractivity (Wildman–Crippen MR) is 66.1 cm³/mol. The van der Waals surface area contributed by atoms with E-state index in [-0.39, 0.29) is 0 Å². The molecular formula is C13H16N2S. The van der Waals surface area contributed by atoms with E-state index in [1.165, 1.54) is 36.3 Å². The van der Waals surface area contributed by atoms with Gasteiger partial charge in [0.25, 0.3) is 0 Å². The lowest BCUT2D eigenvalue weighted by Crippen LogP contribution is -2.08. The zero-order valence-electron chi connectivity index (χ0n) is 9.62. The van der Waals surface area contributed by atoms with Crippen LogP contribution in [0.15, 0.2) is 0 Å². The van der Waals surface area contributed by atoms with Crippen LogP contribution in [-0.4, -0.2) is 16.9 Å². The van der Waals surface area contributed by atoms with Crippen molar-refractivity contribution >= 4 is 11.3 Å². The summed E-state index contributed by atoms with van der Waals surface area (Å²) in [6.45, 7) is 2.05. The Kier molecular flexibility index (Phi) is 2.70. The summed E-state index contributed by atoms with van der Waals surface area (Å²) in [6.07, 6.45) is 5.30. The van der Waals surface area contributed by atoms with E-state index >= 15 is 0 Å². The molecule has 0 saturated heterocycles. The summed E-state index contributed by atoms with van der Waals surface area (Å²) in [7, 11) is 2.14. The van der Waals surface area contributed by atoms with E-state index in [0.29, 0.717) is 5.92 Å². The summed E-state index contributed by atoms with van der Waals surface area (Å²) >= 11 is 1.78. The monoisotopic (exact) mass is 232 g/mol. The lowest BCUT2D eigenvalue weighted by Gasteiger charge is -2.03. The highest BCUT2D eigenvalue weighted by Crippen LogP contribution is 2.27. The first kappa shape index (κ1) is 10.3. The molecule has 0 N–H and O–H groups in total. The molecule has 1 aliphatic carbocycles. The van der Waals surface area contributed by atoms with Gasteiger partial charge >= 0.3 is 0 Å². The number of nitrogens with zero attached hydrogens (tertiary/aromatic N) is 2. The third-order valence-electron chi connectivity index (χ3n) is 3.35. The molecule has 1 fully saturated rings. The maximum atomic E-state index is 4.61. The molecular weight excluding hydrogens is 216 g/mol. The molecule has 0 unspecified atom stereocenters. The molecule has 1 aromatic heterocycles. The van der Waals surface area contributed by atoms with Gasteiger partial charge in [0.05, 0.1) is 5.69 Å². The van der Waals surface area contributed by atoms with E-state index in [1.54, 1.807) is 11.3 Å². The van der Waals surface area contributed by atoms with Crippen molar-refractivity contribution < 1.29 is 0 Å². The molecule has 3 heteroatoms. The van der Waals surface area contributed by atoms with Crippen LogP contribution in [-0.2, 0) is 13.1 Å².